The molecule has 0 aromatic heterocycles. The second kappa shape index (κ2) is 4.42. The summed E-state index contributed by atoms with van der Waals surface area (Å²) in [4.78, 5) is 12.3. The highest BCUT2D eigenvalue weighted by atomic mass is 19.3. The number of allylic oxidation sites excluding steroid dienone is 2. The molecule has 4 aliphatic rings. The van der Waals surface area contributed by atoms with Gasteiger partial charge in [0.1, 0.15) is 0 Å². The number of carbonyl (C=O) groups is 1. The Kier molecular flexibility index (Phi) is 2.98. The summed E-state index contributed by atoms with van der Waals surface area (Å²) in [5.41, 5.74) is 1.02. The highest BCUT2D eigenvalue weighted by Crippen LogP contribution is 2.65. The van der Waals surface area contributed by atoms with Gasteiger partial charge in [0.25, 0.3) is 0 Å². The molecule has 122 valence electrons. The zero-order valence-corrected chi connectivity index (χ0v) is 13.6. The molecular formula is C19H26F2O. The minimum Gasteiger partial charge on any atom is -0.292 e. The zero-order chi connectivity index (χ0) is 15.8. The third-order valence-electron chi connectivity index (χ3n) is 7.73. The molecule has 3 fully saturated rings. The van der Waals surface area contributed by atoms with Crippen molar-refractivity contribution in [2.45, 2.75) is 71.1 Å². The molecule has 0 saturated heterocycles. The van der Waals surface area contributed by atoms with Crippen LogP contribution in [-0.2, 0) is 4.79 Å². The fraction of sp³-hybridized carbons (Fsp3) is 0.842. The van der Waals surface area contributed by atoms with E-state index in [-0.39, 0.29) is 23.7 Å². The average Bonchev–Trinajstić information content (AvgIpc) is 2.66. The molecule has 0 spiro atoms. The standard InChI is InChI=1S/C19H26F2O/c1-17-9-4-3-5-12(17)6-7-13-14(17)8-10-18(2)15(13)11-19(20,21)16(18)22/h6,13-15H,3-5,7-11H2,1-2H3/t13-,14-,15+,17+,18+/m1/s1. The van der Waals surface area contributed by atoms with Crippen LogP contribution in [0.15, 0.2) is 11.6 Å². The summed E-state index contributed by atoms with van der Waals surface area (Å²) in [6.45, 7) is 4.19. The summed E-state index contributed by atoms with van der Waals surface area (Å²) in [7, 11) is 0. The molecule has 0 unspecified atom stereocenters. The molecule has 0 bridgehead atoms. The van der Waals surface area contributed by atoms with Crippen LogP contribution < -0.4 is 0 Å². The van der Waals surface area contributed by atoms with E-state index in [4.69, 9.17) is 0 Å². The van der Waals surface area contributed by atoms with Crippen LogP contribution in [0.1, 0.15) is 65.2 Å². The number of fused-ring (bicyclic) bond motifs is 5. The van der Waals surface area contributed by atoms with Gasteiger partial charge in [-0.2, -0.15) is 8.78 Å². The van der Waals surface area contributed by atoms with Crippen LogP contribution in [0.5, 0.6) is 0 Å². The van der Waals surface area contributed by atoms with Crippen molar-refractivity contribution in [3.05, 3.63) is 11.6 Å². The summed E-state index contributed by atoms with van der Waals surface area (Å²) in [5.74, 6) is -3.20. The van der Waals surface area contributed by atoms with Gasteiger partial charge >= 0.3 is 5.92 Å². The third kappa shape index (κ3) is 1.71. The van der Waals surface area contributed by atoms with Crippen molar-refractivity contribution in [3.8, 4) is 0 Å². The van der Waals surface area contributed by atoms with Crippen LogP contribution in [0.25, 0.3) is 0 Å². The Bertz CT molecular complexity index is 552. The van der Waals surface area contributed by atoms with E-state index in [0.29, 0.717) is 12.3 Å². The van der Waals surface area contributed by atoms with Crippen molar-refractivity contribution in [3.63, 3.8) is 0 Å². The summed E-state index contributed by atoms with van der Waals surface area (Å²) in [6, 6.07) is 0. The maximum Gasteiger partial charge on any atom is 0.306 e. The first kappa shape index (κ1) is 14.8. The predicted molar refractivity (Wildman–Crippen MR) is 81.7 cm³/mol. The maximum absolute atomic E-state index is 14.1. The summed E-state index contributed by atoms with van der Waals surface area (Å²) in [5, 5.41) is 0. The van der Waals surface area contributed by atoms with Gasteiger partial charge in [0.15, 0.2) is 0 Å². The van der Waals surface area contributed by atoms with Crippen molar-refractivity contribution in [2.75, 3.05) is 0 Å². The van der Waals surface area contributed by atoms with Gasteiger partial charge in [-0.3, -0.25) is 4.79 Å². The van der Waals surface area contributed by atoms with E-state index in [9.17, 15) is 13.6 Å². The Hall–Kier alpha value is -0.730. The summed E-state index contributed by atoms with van der Waals surface area (Å²) < 4.78 is 28.2. The molecule has 4 aliphatic carbocycles. The highest BCUT2D eigenvalue weighted by Gasteiger charge is 2.66. The number of rotatable bonds is 0. The van der Waals surface area contributed by atoms with E-state index < -0.39 is 17.1 Å². The first-order valence-corrected chi connectivity index (χ1v) is 8.91. The van der Waals surface area contributed by atoms with Crippen molar-refractivity contribution in [1.29, 1.82) is 0 Å². The molecule has 5 atom stereocenters. The van der Waals surface area contributed by atoms with E-state index in [1.165, 1.54) is 25.7 Å². The molecule has 0 N–H and O–H groups in total. The van der Waals surface area contributed by atoms with Gasteiger partial charge in [-0.25, -0.2) is 0 Å². The lowest BCUT2D eigenvalue weighted by Crippen LogP contribution is -2.49. The van der Waals surface area contributed by atoms with Gasteiger partial charge in [0.2, 0.25) is 5.78 Å². The Morgan fingerprint density at radius 2 is 1.86 bits per heavy atom. The van der Waals surface area contributed by atoms with Gasteiger partial charge in [-0.15, -0.1) is 0 Å². The molecule has 0 aliphatic heterocycles. The number of Topliss-reactive ketones (excluding diaryl/α,β-unsaturated/α-hetero) is 1. The first-order chi connectivity index (χ1) is 10.3. The number of hydrogen-bond acceptors (Lipinski definition) is 1. The number of carbonyl (C=O) groups excluding carboxylic acids is 1. The third-order valence-corrected chi connectivity index (χ3v) is 7.73. The van der Waals surface area contributed by atoms with Crippen LogP contribution in [0.3, 0.4) is 0 Å². The molecule has 22 heavy (non-hydrogen) atoms. The van der Waals surface area contributed by atoms with Crippen molar-refractivity contribution in [2.24, 2.45) is 28.6 Å². The average molecular weight is 308 g/mol. The van der Waals surface area contributed by atoms with E-state index in [1.807, 2.05) is 6.92 Å². The van der Waals surface area contributed by atoms with Crippen molar-refractivity contribution >= 4 is 5.78 Å². The Balaban J connectivity index is 1.73. The lowest BCUT2D eigenvalue weighted by molar-refractivity contribution is -0.147. The number of hydrogen-bond donors (Lipinski definition) is 0. The quantitative estimate of drug-likeness (QED) is 0.565. The molecule has 3 saturated carbocycles. The molecule has 0 amide bonds. The molecule has 0 heterocycles. The second-order valence-electron chi connectivity index (χ2n) is 8.66. The molecule has 0 aromatic rings. The predicted octanol–water partition coefficient (Wildman–Crippen LogP) is 5.15. The number of alkyl halides is 2. The SMILES string of the molecule is C[C@]12CCCCC1=CC[C@@H]1[C@H]2CC[C@]2(C)C(=O)C(F)(F)C[C@@H]12. The van der Waals surface area contributed by atoms with Crippen LogP contribution in [0.2, 0.25) is 0 Å². The van der Waals surface area contributed by atoms with E-state index in [0.717, 1.165) is 12.8 Å². The Labute approximate surface area is 131 Å². The van der Waals surface area contributed by atoms with Gasteiger partial charge in [-0.05, 0) is 61.7 Å². The van der Waals surface area contributed by atoms with Crippen LogP contribution in [-0.4, -0.2) is 11.7 Å². The normalized spacial score (nSPS) is 49.9. The maximum atomic E-state index is 14.1. The largest absolute Gasteiger partial charge is 0.306 e. The monoisotopic (exact) mass is 308 g/mol. The highest BCUT2D eigenvalue weighted by molar-refractivity contribution is 5.93. The summed E-state index contributed by atoms with van der Waals surface area (Å²) >= 11 is 0. The number of ketones is 1. The molecule has 4 rings (SSSR count). The fourth-order valence-electron chi connectivity index (χ4n) is 6.46. The molecule has 3 heteroatoms. The molecular weight excluding hydrogens is 282 g/mol. The minimum absolute atomic E-state index is 0.120. The van der Waals surface area contributed by atoms with Crippen LogP contribution >= 0.6 is 0 Å². The molecule has 0 aromatic carbocycles. The fourth-order valence-corrected chi connectivity index (χ4v) is 6.46. The zero-order valence-electron chi connectivity index (χ0n) is 13.6. The summed E-state index contributed by atoms with van der Waals surface area (Å²) in [6.07, 6.45) is 9.60. The minimum atomic E-state index is -3.09. The lowest BCUT2D eigenvalue weighted by atomic mass is 9.48. The van der Waals surface area contributed by atoms with Gasteiger partial charge in [0.05, 0.1) is 0 Å². The second-order valence-corrected chi connectivity index (χ2v) is 8.66. The van der Waals surface area contributed by atoms with E-state index in [2.05, 4.69) is 13.0 Å². The lowest BCUT2D eigenvalue weighted by Gasteiger charge is -2.56. The van der Waals surface area contributed by atoms with Gasteiger partial charge in [-0.1, -0.05) is 31.9 Å². The smallest absolute Gasteiger partial charge is 0.292 e. The molecule has 1 nitrogen and oxygen atoms in total. The first-order valence-electron chi connectivity index (χ1n) is 8.91. The van der Waals surface area contributed by atoms with Crippen LogP contribution in [0, 0.1) is 28.6 Å². The van der Waals surface area contributed by atoms with Crippen molar-refractivity contribution < 1.29 is 13.6 Å². The Morgan fingerprint density at radius 3 is 2.64 bits per heavy atom. The van der Waals surface area contributed by atoms with E-state index >= 15 is 0 Å². The van der Waals surface area contributed by atoms with Gasteiger partial charge < -0.3 is 0 Å². The van der Waals surface area contributed by atoms with Gasteiger partial charge in [0, 0.05) is 11.8 Å². The number of halogens is 2. The molecule has 0 radical (unpaired) electrons. The Morgan fingerprint density at radius 1 is 1.09 bits per heavy atom. The topological polar surface area (TPSA) is 17.1 Å². The van der Waals surface area contributed by atoms with E-state index in [1.54, 1.807) is 5.57 Å². The van der Waals surface area contributed by atoms with Crippen LogP contribution in [0.4, 0.5) is 8.78 Å². The van der Waals surface area contributed by atoms with Crippen molar-refractivity contribution in [1.82, 2.24) is 0 Å².